The highest BCUT2D eigenvalue weighted by molar-refractivity contribution is 7.98. The summed E-state index contributed by atoms with van der Waals surface area (Å²) in [6.07, 6.45) is 2.27. The van der Waals surface area contributed by atoms with Gasteiger partial charge in [0.25, 0.3) is 0 Å². The summed E-state index contributed by atoms with van der Waals surface area (Å²) >= 11 is 1.48. The van der Waals surface area contributed by atoms with E-state index >= 15 is 0 Å². The van der Waals surface area contributed by atoms with Crippen LogP contribution >= 0.6 is 11.8 Å². The fourth-order valence-corrected chi connectivity index (χ4v) is 4.61. The van der Waals surface area contributed by atoms with Crippen molar-refractivity contribution >= 4 is 47.0 Å². The van der Waals surface area contributed by atoms with Gasteiger partial charge in [-0.1, -0.05) is 56.3 Å². The molecule has 4 amide bonds. The number of carboxylic acids is 1. The molecular formula is C26H32N4O5S. The molecule has 0 aromatic heterocycles. The average Bonchev–Trinajstić information content (AvgIpc) is 2.85. The Kier molecular flexibility index (Phi) is 9.35. The topological polar surface area (TPSA) is 128 Å². The first-order valence-electron chi connectivity index (χ1n) is 11.8. The Morgan fingerprint density at radius 1 is 1.03 bits per heavy atom. The van der Waals surface area contributed by atoms with Gasteiger partial charge in [-0.3, -0.25) is 14.5 Å². The maximum absolute atomic E-state index is 13.7. The predicted molar refractivity (Wildman–Crippen MR) is 141 cm³/mol. The van der Waals surface area contributed by atoms with E-state index in [1.807, 2.05) is 50.4 Å². The minimum Gasteiger partial charge on any atom is -0.480 e. The fourth-order valence-electron chi connectivity index (χ4n) is 4.14. The van der Waals surface area contributed by atoms with Crippen molar-refractivity contribution in [2.24, 2.45) is 5.92 Å². The molecule has 0 saturated carbocycles. The molecule has 0 bridgehead atoms. The van der Waals surface area contributed by atoms with Crippen LogP contribution in [0.5, 0.6) is 0 Å². The van der Waals surface area contributed by atoms with Gasteiger partial charge in [-0.25, -0.2) is 9.59 Å². The minimum atomic E-state index is -1.14. The molecule has 3 atom stereocenters. The molecule has 192 valence electrons. The number of benzene rings is 2. The number of aliphatic carboxylic acids is 1. The van der Waals surface area contributed by atoms with Crippen molar-refractivity contribution in [1.29, 1.82) is 0 Å². The number of fused-ring (bicyclic) bond motifs is 1. The van der Waals surface area contributed by atoms with Gasteiger partial charge in [-0.2, -0.15) is 11.8 Å². The normalized spacial score (nSPS) is 16.5. The molecular weight excluding hydrogens is 480 g/mol. The molecule has 3 unspecified atom stereocenters. The largest absolute Gasteiger partial charge is 0.480 e. The summed E-state index contributed by atoms with van der Waals surface area (Å²) in [5, 5.41) is 17.8. The molecule has 2 aromatic carbocycles. The van der Waals surface area contributed by atoms with E-state index in [0.29, 0.717) is 17.1 Å². The van der Waals surface area contributed by atoms with E-state index in [-0.39, 0.29) is 24.7 Å². The van der Waals surface area contributed by atoms with Crippen LogP contribution in [0, 0.1) is 5.92 Å². The zero-order chi connectivity index (χ0) is 26.2. The number of carbonyl (C=O) groups is 4. The maximum Gasteiger partial charge on any atom is 0.326 e. The second-order valence-corrected chi connectivity index (χ2v) is 9.92. The Morgan fingerprint density at radius 3 is 2.33 bits per heavy atom. The second-order valence-electron chi connectivity index (χ2n) is 8.94. The highest BCUT2D eigenvalue weighted by atomic mass is 32.2. The van der Waals surface area contributed by atoms with Crippen LogP contribution in [0.25, 0.3) is 0 Å². The molecule has 10 heteroatoms. The van der Waals surface area contributed by atoms with Crippen molar-refractivity contribution in [2.45, 2.75) is 44.8 Å². The Morgan fingerprint density at radius 2 is 1.69 bits per heavy atom. The number of carbonyl (C=O) groups excluding carboxylic acids is 3. The van der Waals surface area contributed by atoms with Gasteiger partial charge in [0.2, 0.25) is 11.8 Å². The van der Waals surface area contributed by atoms with Crippen LogP contribution in [-0.2, 0) is 20.8 Å². The summed E-state index contributed by atoms with van der Waals surface area (Å²) in [5.41, 5.74) is 1.82. The number of hydrogen-bond acceptors (Lipinski definition) is 5. The summed E-state index contributed by atoms with van der Waals surface area (Å²) < 4.78 is 0. The zero-order valence-corrected chi connectivity index (χ0v) is 21.4. The van der Waals surface area contributed by atoms with E-state index in [0.717, 1.165) is 5.56 Å². The third-order valence-corrected chi connectivity index (χ3v) is 6.58. The number of amides is 4. The maximum atomic E-state index is 13.7. The molecule has 3 rings (SSSR count). The van der Waals surface area contributed by atoms with Crippen LogP contribution in [0.2, 0.25) is 0 Å². The molecule has 36 heavy (non-hydrogen) atoms. The van der Waals surface area contributed by atoms with E-state index in [1.165, 1.54) is 16.7 Å². The van der Waals surface area contributed by atoms with Crippen molar-refractivity contribution in [1.82, 2.24) is 10.6 Å². The van der Waals surface area contributed by atoms with Gasteiger partial charge in [-0.05, 0) is 42.0 Å². The van der Waals surface area contributed by atoms with E-state index < -0.39 is 36.0 Å². The molecule has 1 heterocycles. The third-order valence-electron chi connectivity index (χ3n) is 5.94. The second kappa shape index (κ2) is 12.4. The van der Waals surface area contributed by atoms with Crippen LogP contribution in [0.3, 0.4) is 0 Å². The average molecular weight is 513 g/mol. The first-order valence-corrected chi connectivity index (χ1v) is 13.2. The molecule has 0 aliphatic carbocycles. The van der Waals surface area contributed by atoms with Crippen molar-refractivity contribution in [3.05, 3.63) is 60.2 Å². The lowest BCUT2D eigenvalue weighted by Crippen LogP contribution is -2.60. The Balaban J connectivity index is 1.90. The zero-order valence-electron chi connectivity index (χ0n) is 20.6. The first kappa shape index (κ1) is 27.1. The highest BCUT2D eigenvalue weighted by Gasteiger charge is 2.40. The monoisotopic (exact) mass is 512 g/mol. The number of urea groups is 1. The standard InChI is InChI=1S/C26H32N4O5S/c1-16(2)22-24(32)27-18-11-7-8-12-21(18)30(22)26(35)29-20(15-17-9-5-4-6-10-17)23(31)28-19(25(33)34)13-14-36-3/h4-12,16,19-20,22H,13-15H2,1-3H3,(H,27,32)(H,28,31)(H,29,35)(H,33,34). The highest BCUT2D eigenvalue weighted by Crippen LogP contribution is 2.34. The van der Waals surface area contributed by atoms with Gasteiger partial charge in [0.1, 0.15) is 18.1 Å². The molecule has 0 radical (unpaired) electrons. The van der Waals surface area contributed by atoms with E-state index in [4.69, 9.17) is 0 Å². The predicted octanol–water partition coefficient (Wildman–Crippen LogP) is 3.11. The lowest BCUT2D eigenvalue weighted by Gasteiger charge is -2.39. The van der Waals surface area contributed by atoms with Crippen LogP contribution in [0.15, 0.2) is 54.6 Å². The molecule has 1 aliphatic rings. The third kappa shape index (κ3) is 6.57. The van der Waals surface area contributed by atoms with Crippen molar-refractivity contribution in [3.63, 3.8) is 0 Å². The molecule has 2 aromatic rings. The number of carboxylic acid groups (broad SMARTS) is 1. The Bertz CT molecular complexity index is 1090. The summed E-state index contributed by atoms with van der Waals surface area (Å²) in [5.74, 6) is -1.69. The SMILES string of the molecule is CSCCC(NC(=O)C(Cc1ccccc1)NC(=O)N1c2ccccc2NC(=O)C1C(C)C)C(=O)O. The van der Waals surface area contributed by atoms with Gasteiger partial charge in [0.15, 0.2) is 0 Å². The summed E-state index contributed by atoms with van der Waals surface area (Å²) in [6, 6.07) is 12.6. The molecule has 0 fully saturated rings. The summed E-state index contributed by atoms with van der Waals surface area (Å²) in [7, 11) is 0. The van der Waals surface area contributed by atoms with Crippen LogP contribution < -0.4 is 20.9 Å². The lowest BCUT2D eigenvalue weighted by molar-refractivity contribution is -0.142. The molecule has 4 N–H and O–H groups in total. The number of nitrogens with zero attached hydrogens (tertiary/aromatic N) is 1. The van der Waals surface area contributed by atoms with Crippen LogP contribution in [0.4, 0.5) is 16.2 Å². The smallest absolute Gasteiger partial charge is 0.326 e. The van der Waals surface area contributed by atoms with E-state index in [9.17, 15) is 24.3 Å². The van der Waals surface area contributed by atoms with Crippen LogP contribution in [0.1, 0.15) is 25.8 Å². The van der Waals surface area contributed by atoms with Crippen LogP contribution in [-0.4, -0.2) is 59.1 Å². The van der Waals surface area contributed by atoms with Gasteiger partial charge >= 0.3 is 12.0 Å². The van der Waals surface area contributed by atoms with Gasteiger partial charge < -0.3 is 21.1 Å². The molecule has 9 nitrogen and oxygen atoms in total. The number of para-hydroxylation sites is 2. The molecule has 0 saturated heterocycles. The Labute approximate surface area is 215 Å². The molecule has 1 aliphatic heterocycles. The number of nitrogens with one attached hydrogen (secondary N) is 3. The first-order chi connectivity index (χ1) is 17.2. The number of thioether (sulfide) groups is 1. The quantitative estimate of drug-likeness (QED) is 0.387. The molecule has 0 spiro atoms. The van der Waals surface area contributed by atoms with E-state index in [2.05, 4.69) is 16.0 Å². The fraction of sp³-hybridized carbons (Fsp3) is 0.385. The van der Waals surface area contributed by atoms with E-state index in [1.54, 1.807) is 24.3 Å². The lowest BCUT2D eigenvalue weighted by atomic mass is 9.98. The van der Waals surface area contributed by atoms with Gasteiger partial charge in [-0.15, -0.1) is 0 Å². The number of rotatable bonds is 10. The number of anilines is 2. The van der Waals surface area contributed by atoms with Crippen molar-refractivity contribution in [2.75, 3.05) is 22.2 Å². The van der Waals surface area contributed by atoms with Gasteiger partial charge in [0, 0.05) is 6.42 Å². The van der Waals surface area contributed by atoms with Crippen molar-refractivity contribution in [3.8, 4) is 0 Å². The number of hydrogen-bond donors (Lipinski definition) is 4. The summed E-state index contributed by atoms with van der Waals surface area (Å²) in [6.45, 7) is 3.69. The Hall–Kier alpha value is -3.53. The van der Waals surface area contributed by atoms with Gasteiger partial charge in [0.05, 0.1) is 11.4 Å². The summed E-state index contributed by atoms with van der Waals surface area (Å²) in [4.78, 5) is 52.9. The van der Waals surface area contributed by atoms with Crippen molar-refractivity contribution < 1.29 is 24.3 Å². The minimum absolute atomic E-state index is 0.154.